The number of rotatable bonds is 1. The van der Waals surface area contributed by atoms with E-state index in [1.165, 1.54) is 12.1 Å². The number of benzene rings is 1. The average molecular weight is 217 g/mol. The number of nitrogens with zero attached hydrogens (tertiary/aromatic N) is 1. The van der Waals surface area contributed by atoms with Gasteiger partial charge in [-0.1, -0.05) is 5.16 Å². The van der Waals surface area contributed by atoms with Crippen molar-refractivity contribution in [3.8, 4) is 11.3 Å². The molecule has 2 aromatic heterocycles. The maximum Gasteiger partial charge on any atom is 0.222 e. The van der Waals surface area contributed by atoms with Crippen molar-refractivity contribution in [3.63, 3.8) is 0 Å². The maximum absolute atomic E-state index is 13.0. The van der Waals surface area contributed by atoms with Crippen molar-refractivity contribution in [2.24, 2.45) is 0 Å². The molecule has 16 heavy (non-hydrogen) atoms. The van der Waals surface area contributed by atoms with Crippen LogP contribution in [0.1, 0.15) is 0 Å². The fourth-order valence-corrected chi connectivity index (χ4v) is 1.73. The number of nitrogen functional groups attached to an aromatic ring is 1. The number of aromatic amines is 1. The Hall–Kier alpha value is -2.30. The van der Waals surface area contributed by atoms with Crippen molar-refractivity contribution in [1.82, 2.24) is 10.1 Å². The van der Waals surface area contributed by atoms with E-state index in [0.29, 0.717) is 5.69 Å². The van der Waals surface area contributed by atoms with Crippen LogP contribution in [0.2, 0.25) is 0 Å². The molecule has 0 bridgehead atoms. The first-order chi connectivity index (χ1) is 7.74. The summed E-state index contributed by atoms with van der Waals surface area (Å²) in [5, 5.41) is 4.70. The first kappa shape index (κ1) is 8.96. The van der Waals surface area contributed by atoms with Crippen LogP contribution >= 0.6 is 0 Å². The summed E-state index contributed by atoms with van der Waals surface area (Å²) in [5.74, 6) is -0.0213. The molecule has 2 heterocycles. The Morgan fingerprint density at radius 2 is 2.19 bits per heavy atom. The lowest BCUT2D eigenvalue weighted by atomic mass is 10.1. The minimum absolute atomic E-state index is 0.256. The van der Waals surface area contributed by atoms with Gasteiger partial charge >= 0.3 is 0 Å². The summed E-state index contributed by atoms with van der Waals surface area (Å²) in [4.78, 5) is 2.97. The number of hydrogen-bond acceptors (Lipinski definition) is 3. The number of nitrogens with one attached hydrogen (secondary N) is 1. The minimum Gasteiger partial charge on any atom is -0.368 e. The molecular formula is C11H8FN3O. The first-order valence-electron chi connectivity index (χ1n) is 4.73. The van der Waals surface area contributed by atoms with Gasteiger partial charge in [-0.25, -0.2) is 4.39 Å². The summed E-state index contributed by atoms with van der Waals surface area (Å²) >= 11 is 0. The standard InChI is InChI=1S/C11H8FN3O/c12-6-1-2-7-8(5-14-9(7)3-6)10-4-11(13)16-15-10/h1-5,14H,13H2. The molecule has 3 N–H and O–H groups in total. The zero-order chi connectivity index (χ0) is 11.1. The maximum atomic E-state index is 13.0. The molecule has 0 radical (unpaired) electrons. The van der Waals surface area contributed by atoms with E-state index in [0.717, 1.165) is 16.5 Å². The van der Waals surface area contributed by atoms with Crippen molar-refractivity contribution >= 4 is 16.8 Å². The number of hydrogen-bond donors (Lipinski definition) is 2. The summed E-state index contributed by atoms with van der Waals surface area (Å²) in [5.41, 5.74) is 7.65. The lowest BCUT2D eigenvalue weighted by Crippen LogP contribution is -1.77. The molecule has 0 saturated heterocycles. The molecule has 0 aliphatic rings. The average Bonchev–Trinajstić information content (AvgIpc) is 2.83. The van der Waals surface area contributed by atoms with E-state index in [9.17, 15) is 4.39 Å². The summed E-state index contributed by atoms with van der Waals surface area (Å²) in [6.07, 6.45) is 1.75. The Bertz CT molecular complexity index is 656. The molecule has 0 spiro atoms. The van der Waals surface area contributed by atoms with Gasteiger partial charge < -0.3 is 15.2 Å². The van der Waals surface area contributed by atoms with E-state index in [4.69, 9.17) is 10.3 Å². The number of anilines is 1. The van der Waals surface area contributed by atoms with Gasteiger partial charge in [-0.2, -0.15) is 0 Å². The van der Waals surface area contributed by atoms with Crippen molar-refractivity contribution < 1.29 is 8.91 Å². The molecule has 0 amide bonds. The fourth-order valence-electron chi connectivity index (χ4n) is 1.73. The predicted octanol–water partition coefficient (Wildman–Crippen LogP) is 2.54. The van der Waals surface area contributed by atoms with Crippen LogP contribution in [0.3, 0.4) is 0 Å². The zero-order valence-corrected chi connectivity index (χ0v) is 8.20. The van der Waals surface area contributed by atoms with Gasteiger partial charge in [-0.15, -0.1) is 0 Å². The molecule has 1 aromatic carbocycles. The van der Waals surface area contributed by atoms with Crippen LogP contribution in [-0.2, 0) is 0 Å². The quantitative estimate of drug-likeness (QED) is 0.658. The molecule has 80 valence electrons. The van der Waals surface area contributed by atoms with Gasteiger partial charge in [0.05, 0.1) is 0 Å². The Morgan fingerprint density at radius 1 is 1.31 bits per heavy atom. The van der Waals surface area contributed by atoms with Crippen LogP contribution in [-0.4, -0.2) is 10.1 Å². The Balaban J connectivity index is 2.25. The highest BCUT2D eigenvalue weighted by Gasteiger charge is 2.10. The Kier molecular flexibility index (Phi) is 1.73. The molecule has 0 saturated carbocycles. The van der Waals surface area contributed by atoms with E-state index >= 15 is 0 Å². The smallest absolute Gasteiger partial charge is 0.222 e. The van der Waals surface area contributed by atoms with E-state index < -0.39 is 0 Å². The van der Waals surface area contributed by atoms with E-state index in [1.54, 1.807) is 18.3 Å². The van der Waals surface area contributed by atoms with E-state index in [2.05, 4.69) is 10.1 Å². The fraction of sp³-hybridized carbons (Fsp3) is 0. The second-order valence-electron chi connectivity index (χ2n) is 3.51. The highest BCUT2D eigenvalue weighted by molar-refractivity contribution is 5.94. The highest BCUT2D eigenvalue weighted by atomic mass is 19.1. The molecule has 5 heteroatoms. The SMILES string of the molecule is Nc1cc(-c2c[nH]c3cc(F)ccc23)no1. The monoisotopic (exact) mass is 217 g/mol. The van der Waals surface area contributed by atoms with Gasteiger partial charge in [0.2, 0.25) is 5.88 Å². The zero-order valence-electron chi connectivity index (χ0n) is 8.20. The minimum atomic E-state index is -0.277. The Morgan fingerprint density at radius 3 is 2.94 bits per heavy atom. The molecule has 0 fully saturated rings. The van der Waals surface area contributed by atoms with Gasteiger partial charge in [0, 0.05) is 28.7 Å². The molecule has 0 atom stereocenters. The summed E-state index contributed by atoms with van der Waals surface area (Å²) < 4.78 is 17.8. The highest BCUT2D eigenvalue weighted by Crippen LogP contribution is 2.28. The van der Waals surface area contributed by atoms with Crippen LogP contribution in [0.25, 0.3) is 22.2 Å². The van der Waals surface area contributed by atoms with Gasteiger partial charge in [0.25, 0.3) is 0 Å². The lowest BCUT2D eigenvalue weighted by Gasteiger charge is -1.93. The third-order valence-corrected chi connectivity index (χ3v) is 2.45. The normalized spacial score (nSPS) is 11.1. The second-order valence-corrected chi connectivity index (χ2v) is 3.51. The molecule has 3 aromatic rings. The third-order valence-electron chi connectivity index (χ3n) is 2.45. The molecule has 4 nitrogen and oxygen atoms in total. The largest absolute Gasteiger partial charge is 0.368 e. The van der Waals surface area contributed by atoms with Gasteiger partial charge in [-0.05, 0) is 18.2 Å². The van der Waals surface area contributed by atoms with Crippen LogP contribution in [0.5, 0.6) is 0 Å². The van der Waals surface area contributed by atoms with E-state index in [1.807, 2.05) is 0 Å². The van der Waals surface area contributed by atoms with Crippen LogP contribution in [0.15, 0.2) is 35.0 Å². The summed E-state index contributed by atoms with van der Waals surface area (Å²) in [7, 11) is 0. The van der Waals surface area contributed by atoms with Gasteiger partial charge in [-0.3, -0.25) is 0 Å². The Labute approximate surface area is 89.9 Å². The van der Waals surface area contributed by atoms with Crippen molar-refractivity contribution in [2.45, 2.75) is 0 Å². The van der Waals surface area contributed by atoms with Crippen LogP contribution < -0.4 is 5.73 Å². The number of halogens is 1. The molecular weight excluding hydrogens is 209 g/mol. The number of aromatic nitrogens is 2. The van der Waals surface area contributed by atoms with Crippen molar-refractivity contribution in [1.29, 1.82) is 0 Å². The predicted molar refractivity (Wildman–Crippen MR) is 58.2 cm³/mol. The van der Waals surface area contributed by atoms with Crippen molar-refractivity contribution in [3.05, 3.63) is 36.3 Å². The summed E-state index contributed by atoms with van der Waals surface area (Å²) in [6, 6.07) is 6.17. The topological polar surface area (TPSA) is 67.8 Å². The molecule has 3 rings (SSSR count). The van der Waals surface area contributed by atoms with Gasteiger partial charge in [0.1, 0.15) is 11.5 Å². The summed E-state index contributed by atoms with van der Waals surface area (Å²) in [6.45, 7) is 0. The van der Waals surface area contributed by atoms with Crippen LogP contribution in [0.4, 0.5) is 10.3 Å². The first-order valence-corrected chi connectivity index (χ1v) is 4.73. The van der Waals surface area contributed by atoms with Gasteiger partial charge in [0.15, 0.2) is 0 Å². The second kappa shape index (κ2) is 3.10. The van der Waals surface area contributed by atoms with Crippen LogP contribution in [0, 0.1) is 5.82 Å². The van der Waals surface area contributed by atoms with Crippen molar-refractivity contribution in [2.75, 3.05) is 5.73 Å². The third kappa shape index (κ3) is 1.25. The number of H-pyrrole nitrogens is 1. The number of fused-ring (bicyclic) bond motifs is 1. The molecule has 0 aliphatic heterocycles. The van der Waals surface area contributed by atoms with E-state index in [-0.39, 0.29) is 11.7 Å². The number of nitrogens with two attached hydrogens (primary N) is 1. The molecule has 0 aliphatic carbocycles. The molecule has 0 unspecified atom stereocenters. The lowest BCUT2D eigenvalue weighted by molar-refractivity contribution is 0.439.